The monoisotopic (exact) mass is 502 g/mol. The van der Waals surface area contributed by atoms with Gasteiger partial charge in [0, 0.05) is 16.7 Å². The van der Waals surface area contributed by atoms with E-state index in [-0.39, 0.29) is 0 Å². The van der Waals surface area contributed by atoms with Crippen LogP contribution in [0.25, 0.3) is 0 Å². The molecule has 0 spiro atoms. The molecule has 5 amide bonds. The zero-order valence-electron chi connectivity index (χ0n) is 17.3. The number of methoxy groups -OCH3 is 1. The number of hydrogen-bond acceptors (Lipinski definition) is 5. The van der Waals surface area contributed by atoms with Gasteiger partial charge in [-0.3, -0.25) is 14.9 Å². The van der Waals surface area contributed by atoms with Gasteiger partial charge in [-0.05, 0) is 42.7 Å². The van der Waals surface area contributed by atoms with Gasteiger partial charge in [0.1, 0.15) is 12.1 Å². The molecule has 0 bridgehead atoms. The maximum absolute atomic E-state index is 13.3. The predicted octanol–water partition coefficient (Wildman–Crippen LogP) is 3.19. The molecule has 3 rings (SSSR count). The van der Waals surface area contributed by atoms with E-state index >= 15 is 0 Å². The molecule has 0 saturated carbocycles. The number of ether oxygens (including phenoxy) is 1. The Balaban J connectivity index is 1.70. The number of nitrogens with zero attached hydrogens (tertiary/aromatic N) is 1. The molecule has 9 nitrogen and oxygen atoms in total. The van der Waals surface area contributed by atoms with Crippen LogP contribution in [0.1, 0.15) is 24.4 Å². The van der Waals surface area contributed by atoms with Gasteiger partial charge in [-0.15, -0.1) is 0 Å². The second-order valence-corrected chi connectivity index (χ2v) is 8.04. The van der Waals surface area contributed by atoms with Crippen LogP contribution >= 0.6 is 15.9 Å². The minimum absolute atomic E-state index is 0.331. The average molecular weight is 503 g/mol. The number of amides is 5. The van der Waals surface area contributed by atoms with Crippen LogP contribution in [0.4, 0.5) is 15.3 Å². The molecule has 2 atom stereocenters. The summed E-state index contributed by atoms with van der Waals surface area (Å²) >= 11 is 3.31. The van der Waals surface area contributed by atoms with Crippen LogP contribution in [-0.4, -0.2) is 48.5 Å². The zero-order valence-corrected chi connectivity index (χ0v) is 18.9. The Hall–Kier alpha value is -3.40. The fourth-order valence-electron chi connectivity index (χ4n) is 3.47. The van der Waals surface area contributed by atoms with E-state index in [1.54, 1.807) is 54.6 Å². The zero-order chi connectivity index (χ0) is 23.1. The summed E-state index contributed by atoms with van der Waals surface area (Å²) in [7, 11) is 1.21. The van der Waals surface area contributed by atoms with Crippen LogP contribution in [0.2, 0.25) is 0 Å². The second-order valence-electron chi connectivity index (χ2n) is 7.12. The number of rotatable bonds is 5. The Bertz CT molecular complexity index is 984. The summed E-state index contributed by atoms with van der Waals surface area (Å²) < 4.78 is 5.50. The normalized spacial score (nSPS) is 16.1. The lowest BCUT2D eigenvalue weighted by molar-refractivity contribution is -0.139. The first-order chi connectivity index (χ1) is 15.4. The first-order valence-corrected chi connectivity index (χ1v) is 10.8. The van der Waals surface area contributed by atoms with Gasteiger partial charge in [-0.2, -0.15) is 0 Å². The number of nitrogens with one attached hydrogen (secondary N) is 3. The molecule has 32 heavy (non-hydrogen) atoms. The summed E-state index contributed by atoms with van der Waals surface area (Å²) in [5, 5.41) is 7.40. The minimum atomic E-state index is -1.02. The fraction of sp³-hybridized carbons (Fsp3) is 0.273. The SMILES string of the molecule is COC(=O)N[C@@H](C(=O)N1CCCC1C(=O)NC(=O)Nc1ccc(Br)cc1)c1ccccc1. The summed E-state index contributed by atoms with van der Waals surface area (Å²) in [6.45, 7) is 0.331. The van der Waals surface area contributed by atoms with Crippen LogP contribution in [-0.2, 0) is 14.3 Å². The molecular formula is C22H23BrN4O5. The molecule has 0 radical (unpaired) electrons. The number of urea groups is 1. The van der Waals surface area contributed by atoms with Crippen molar-refractivity contribution in [3.8, 4) is 0 Å². The lowest BCUT2D eigenvalue weighted by Crippen LogP contribution is -2.51. The summed E-state index contributed by atoms with van der Waals surface area (Å²) in [6, 6.07) is 13.0. The van der Waals surface area contributed by atoms with E-state index in [1.807, 2.05) is 0 Å². The third-order valence-corrected chi connectivity index (χ3v) is 5.53. The highest BCUT2D eigenvalue weighted by atomic mass is 79.9. The van der Waals surface area contributed by atoms with E-state index < -0.39 is 36.0 Å². The lowest BCUT2D eigenvalue weighted by atomic mass is 10.1. The highest BCUT2D eigenvalue weighted by molar-refractivity contribution is 9.10. The molecule has 2 aromatic rings. The molecule has 168 valence electrons. The number of benzene rings is 2. The third-order valence-electron chi connectivity index (χ3n) is 5.00. The number of anilines is 1. The van der Waals surface area contributed by atoms with Crippen molar-refractivity contribution in [1.29, 1.82) is 0 Å². The maximum Gasteiger partial charge on any atom is 0.407 e. The van der Waals surface area contributed by atoms with Crippen molar-refractivity contribution in [3.05, 3.63) is 64.6 Å². The predicted molar refractivity (Wildman–Crippen MR) is 121 cm³/mol. The molecule has 10 heteroatoms. The van der Waals surface area contributed by atoms with E-state index in [9.17, 15) is 19.2 Å². The molecule has 1 aliphatic rings. The number of hydrogen-bond donors (Lipinski definition) is 3. The number of alkyl carbamates (subject to hydrolysis) is 1. The standard InChI is InChI=1S/C22H23BrN4O5/c1-32-22(31)25-18(14-6-3-2-4-7-14)20(29)27-13-5-8-17(27)19(28)26-21(30)24-16-11-9-15(23)10-12-16/h2-4,6-7,9-12,17-18H,5,8,13H2,1H3,(H,25,31)(H2,24,26,28,30)/t17?,18-/m1/s1. The van der Waals surface area contributed by atoms with Crippen molar-refractivity contribution >= 4 is 45.6 Å². The van der Waals surface area contributed by atoms with Crippen LogP contribution in [0, 0.1) is 0 Å². The minimum Gasteiger partial charge on any atom is -0.453 e. The quantitative estimate of drug-likeness (QED) is 0.580. The van der Waals surface area contributed by atoms with Crippen molar-refractivity contribution in [3.63, 3.8) is 0 Å². The molecule has 1 heterocycles. The molecule has 2 aromatic carbocycles. The fourth-order valence-corrected chi connectivity index (χ4v) is 3.73. The second kappa shape index (κ2) is 10.8. The first-order valence-electron chi connectivity index (χ1n) is 9.96. The van der Waals surface area contributed by atoms with Gasteiger partial charge in [-0.25, -0.2) is 9.59 Å². The first kappa shape index (κ1) is 23.3. The molecule has 1 aliphatic heterocycles. The maximum atomic E-state index is 13.3. The van der Waals surface area contributed by atoms with E-state index in [2.05, 4.69) is 36.6 Å². The van der Waals surface area contributed by atoms with Crippen molar-refractivity contribution in [2.45, 2.75) is 24.9 Å². The van der Waals surface area contributed by atoms with E-state index in [1.165, 1.54) is 12.0 Å². The van der Waals surface area contributed by atoms with Gasteiger partial charge in [0.05, 0.1) is 7.11 Å². The molecule has 0 aromatic heterocycles. The van der Waals surface area contributed by atoms with Gasteiger partial charge in [0.2, 0.25) is 0 Å². The summed E-state index contributed by atoms with van der Waals surface area (Å²) in [4.78, 5) is 51.5. The van der Waals surface area contributed by atoms with Gasteiger partial charge in [0.25, 0.3) is 11.8 Å². The Kier molecular flexibility index (Phi) is 7.82. The van der Waals surface area contributed by atoms with E-state index in [0.717, 1.165) is 4.47 Å². The van der Waals surface area contributed by atoms with Gasteiger partial charge < -0.3 is 20.3 Å². The average Bonchev–Trinajstić information content (AvgIpc) is 3.29. The molecule has 1 unspecified atom stereocenters. The Morgan fingerprint density at radius 2 is 1.75 bits per heavy atom. The number of carbonyl (C=O) groups is 4. The third kappa shape index (κ3) is 5.85. The highest BCUT2D eigenvalue weighted by Crippen LogP contribution is 2.24. The molecule has 3 N–H and O–H groups in total. The smallest absolute Gasteiger partial charge is 0.407 e. The van der Waals surface area contributed by atoms with Crippen LogP contribution in [0.15, 0.2) is 59.1 Å². The van der Waals surface area contributed by atoms with E-state index in [0.29, 0.717) is 30.6 Å². The van der Waals surface area contributed by atoms with Crippen molar-refractivity contribution in [2.75, 3.05) is 19.0 Å². The molecule has 0 aliphatic carbocycles. The van der Waals surface area contributed by atoms with E-state index in [4.69, 9.17) is 0 Å². The lowest BCUT2D eigenvalue weighted by Gasteiger charge is -2.28. The number of likely N-dealkylation sites (tertiary alicyclic amines) is 1. The molecule has 1 saturated heterocycles. The largest absolute Gasteiger partial charge is 0.453 e. The van der Waals surface area contributed by atoms with Crippen molar-refractivity contribution in [1.82, 2.24) is 15.5 Å². The Labute approximate surface area is 193 Å². The summed E-state index contributed by atoms with van der Waals surface area (Å²) in [5.74, 6) is -1.04. The topological polar surface area (TPSA) is 117 Å². The molecular weight excluding hydrogens is 480 g/mol. The Morgan fingerprint density at radius 3 is 2.41 bits per heavy atom. The van der Waals surface area contributed by atoms with Crippen LogP contribution < -0.4 is 16.0 Å². The van der Waals surface area contributed by atoms with Gasteiger partial charge in [0.15, 0.2) is 0 Å². The van der Waals surface area contributed by atoms with Crippen molar-refractivity contribution in [2.24, 2.45) is 0 Å². The highest BCUT2D eigenvalue weighted by Gasteiger charge is 2.38. The Morgan fingerprint density at radius 1 is 1.06 bits per heavy atom. The summed E-state index contributed by atoms with van der Waals surface area (Å²) in [5.41, 5.74) is 1.08. The summed E-state index contributed by atoms with van der Waals surface area (Å²) in [6.07, 6.45) is 0.238. The number of halogens is 1. The number of carbonyl (C=O) groups excluding carboxylic acids is 4. The van der Waals surface area contributed by atoms with Gasteiger partial charge >= 0.3 is 12.1 Å². The van der Waals surface area contributed by atoms with Crippen LogP contribution in [0.3, 0.4) is 0 Å². The van der Waals surface area contributed by atoms with Gasteiger partial charge in [-0.1, -0.05) is 46.3 Å². The van der Waals surface area contributed by atoms with Crippen molar-refractivity contribution < 1.29 is 23.9 Å². The molecule has 1 fully saturated rings. The van der Waals surface area contributed by atoms with Crippen LogP contribution in [0.5, 0.6) is 0 Å². The number of imide groups is 1.